The van der Waals surface area contributed by atoms with Crippen LogP contribution in [-0.2, 0) is 0 Å². The molecule has 0 saturated heterocycles. The van der Waals surface area contributed by atoms with Crippen molar-refractivity contribution in [2.24, 2.45) is 5.73 Å². The zero-order chi connectivity index (χ0) is 15.4. The molecule has 4 N–H and O–H groups in total. The number of rotatable bonds is 4. The Morgan fingerprint density at radius 2 is 1.95 bits per heavy atom. The van der Waals surface area contributed by atoms with Crippen LogP contribution in [0.5, 0.6) is 5.75 Å². The van der Waals surface area contributed by atoms with Gasteiger partial charge in [0.25, 0.3) is 5.91 Å². The van der Waals surface area contributed by atoms with Gasteiger partial charge in [-0.1, -0.05) is 0 Å². The minimum atomic E-state index is -0.559. The molecule has 0 radical (unpaired) electrons. The Morgan fingerprint density at radius 1 is 1.38 bits per heavy atom. The molecule has 8 heteroatoms. The molecule has 1 aromatic rings. The van der Waals surface area contributed by atoms with E-state index in [9.17, 15) is 9.59 Å². The van der Waals surface area contributed by atoms with E-state index in [0.717, 1.165) is 0 Å². The van der Waals surface area contributed by atoms with E-state index >= 15 is 0 Å². The molecule has 21 heavy (non-hydrogen) atoms. The zero-order valence-corrected chi connectivity index (χ0v) is 14.2. The topological polar surface area (TPSA) is 105 Å². The van der Waals surface area contributed by atoms with Gasteiger partial charge in [0.15, 0.2) is 11.7 Å². The summed E-state index contributed by atoms with van der Waals surface area (Å²) < 4.78 is 6.08. The molecule has 0 fully saturated rings. The summed E-state index contributed by atoms with van der Waals surface area (Å²) in [7, 11) is 0. The van der Waals surface area contributed by atoms with Gasteiger partial charge in [0.2, 0.25) is 0 Å². The van der Waals surface area contributed by atoms with E-state index in [1.54, 1.807) is 0 Å². The zero-order valence-electron chi connectivity index (χ0n) is 11.8. The predicted octanol–water partition coefficient (Wildman–Crippen LogP) is 2.48. The largest absolute Gasteiger partial charge is 0.489 e. The van der Waals surface area contributed by atoms with Crippen molar-refractivity contribution in [2.45, 2.75) is 26.9 Å². The van der Waals surface area contributed by atoms with E-state index < -0.39 is 11.9 Å². The van der Waals surface area contributed by atoms with E-state index in [1.807, 2.05) is 13.8 Å². The molecule has 6 nitrogen and oxygen atoms in total. The summed E-state index contributed by atoms with van der Waals surface area (Å²) in [6.45, 7) is 5.07. The van der Waals surface area contributed by atoms with E-state index in [1.165, 1.54) is 19.1 Å². The maximum absolute atomic E-state index is 11.8. The number of hydrogen-bond donors (Lipinski definition) is 3. The molecule has 0 atom stereocenters. The molecule has 116 valence electrons. The summed E-state index contributed by atoms with van der Waals surface area (Å²) in [5, 5.41) is 9.20. The molecule has 0 aliphatic heterocycles. The second kappa shape index (κ2) is 7.99. The number of nitrogens with one attached hydrogen (secondary N) is 2. The minimum Gasteiger partial charge on any atom is -0.489 e. The highest BCUT2D eigenvalue weighted by atomic mass is 79.9. The van der Waals surface area contributed by atoms with Crippen LogP contribution in [0.15, 0.2) is 16.6 Å². The van der Waals surface area contributed by atoms with Gasteiger partial charge in [0, 0.05) is 5.56 Å². The van der Waals surface area contributed by atoms with Crippen LogP contribution in [0.25, 0.3) is 0 Å². The lowest BCUT2D eigenvalue weighted by atomic mass is 10.1. The Balaban J connectivity index is 0.00000400. The predicted molar refractivity (Wildman–Crippen MR) is 86.5 cm³/mol. The molecule has 0 saturated carbocycles. The van der Waals surface area contributed by atoms with Gasteiger partial charge in [-0.2, -0.15) is 0 Å². The quantitative estimate of drug-likeness (QED) is 0.425. The smallest absolute Gasteiger partial charge is 0.258 e. The fourth-order valence-electron chi connectivity index (χ4n) is 1.54. The average Bonchev–Trinajstić information content (AvgIpc) is 2.29. The lowest BCUT2D eigenvalue weighted by molar-refractivity contribution is 0.0976. The third kappa shape index (κ3) is 5.35. The first-order valence-electron chi connectivity index (χ1n) is 5.89. The van der Waals surface area contributed by atoms with Crippen LogP contribution in [0.1, 0.15) is 41.5 Å². The van der Waals surface area contributed by atoms with Crippen molar-refractivity contribution >= 4 is 46.0 Å². The molecular formula is C13H17BrClN3O3. The number of ketones is 1. The van der Waals surface area contributed by atoms with E-state index in [0.29, 0.717) is 15.8 Å². The number of guanidine groups is 1. The summed E-state index contributed by atoms with van der Waals surface area (Å²) in [5.74, 6) is -0.847. The summed E-state index contributed by atoms with van der Waals surface area (Å²) in [6, 6.07) is 2.94. The molecule has 0 heterocycles. The third-order valence-corrected chi connectivity index (χ3v) is 2.88. The lowest BCUT2D eigenvalue weighted by Crippen LogP contribution is -2.35. The van der Waals surface area contributed by atoms with E-state index in [4.69, 9.17) is 15.9 Å². The van der Waals surface area contributed by atoms with Gasteiger partial charge in [-0.15, -0.1) is 12.4 Å². The van der Waals surface area contributed by atoms with Gasteiger partial charge in [-0.25, -0.2) is 0 Å². The highest BCUT2D eigenvalue weighted by Crippen LogP contribution is 2.32. The second-order valence-corrected chi connectivity index (χ2v) is 5.28. The average molecular weight is 379 g/mol. The molecule has 0 unspecified atom stereocenters. The van der Waals surface area contributed by atoms with Crippen LogP contribution in [0.2, 0.25) is 0 Å². The number of nitrogens with two attached hydrogens (primary N) is 1. The van der Waals surface area contributed by atoms with Crippen LogP contribution in [0.4, 0.5) is 0 Å². The SMILES string of the molecule is CC(=O)c1cc(C(=O)NC(=N)N)cc(Br)c1OC(C)C.Cl. The van der Waals surface area contributed by atoms with Gasteiger partial charge in [0.05, 0.1) is 16.1 Å². The van der Waals surface area contributed by atoms with Gasteiger partial charge < -0.3 is 10.5 Å². The number of halogens is 2. The van der Waals surface area contributed by atoms with Crippen molar-refractivity contribution in [1.82, 2.24) is 5.32 Å². The molecule has 0 aliphatic rings. The maximum atomic E-state index is 11.8. The fraction of sp³-hybridized carbons (Fsp3) is 0.308. The Kier molecular flexibility index (Phi) is 7.38. The van der Waals surface area contributed by atoms with Crippen LogP contribution in [0, 0.1) is 5.41 Å². The first-order chi connectivity index (χ1) is 9.22. The number of Topliss-reactive ketones (excluding diaryl/α,β-unsaturated/α-hetero) is 1. The van der Waals surface area contributed by atoms with Gasteiger partial charge in [-0.05, 0) is 48.8 Å². The molecule has 1 amide bonds. The number of benzene rings is 1. The molecule has 0 spiro atoms. The van der Waals surface area contributed by atoms with E-state index in [2.05, 4.69) is 21.2 Å². The highest BCUT2D eigenvalue weighted by molar-refractivity contribution is 9.10. The number of carbonyl (C=O) groups is 2. The van der Waals surface area contributed by atoms with Crippen molar-refractivity contribution in [3.63, 3.8) is 0 Å². The third-order valence-electron chi connectivity index (χ3n) is 2.29. The van der Waals surface area contributed by atoms with Crippen LogP contribution in [-0.4, -0.2) is 23.8 Å². The Labute approximate surface area is 137 Å². The summed E-state index contributed by atoms with van der Waals surface area (Å²) >= 11 is 3.29. The van der Waals surface area contributed by atoms with Gasteiger partial charge >= 0.3 is 0 Å². The Morgan fingerprint density at radius 3 is 2.38 bits per heavy atom. The molecule has 1 aromatic carbocycles. The Bertz CT molecular complexity index is 576. The molecule has 0 aliphatic carbocycles. The summed E-state index contributed by atoms with van der Waals surface area (Å²) in [5.41, 5.74) is 5.62. The summed E-state index contributed by atoms with van der Waals surface area (Å²) in [4.78, 5) is 23.5. The number of hydrogen-bond acceptors (Lipinski definition) is 4. The molecule has 0 aromatic heterocycles. The lowest BCUT2D eigenvalue weighted by Gasteiger charge is -2.16. The van der Waals surface area contributed by atoms with Crippen molar-refractivity contribution < 1.29 is 14.3 Å². The number of carbonyl (C=O) groups excluding carboxylic acids is 2. The van der Waals surface area contributed by atoms with Crippen molar-refractivity contribution in [3.8, 4) is 5.75 Å². The first-order valence-corrected chi connectivity index (χ1v) is 6.68. The van der Waals surface area contributed by atoms with Crippen molar-refractivity contribution in [1.29, 1.82) is 5.41 Å². The molecule has 0 bridgehead atoms. The van der Waals surface area contributed by atoms with Crippen LogP contribution >= 0.6 is 28.3 Å². The number of ether oxygens (including phenoxy) is 1. The van der Waals surface area contributed by atoms with E-state index in [-0.39, 0.29) is 29.9 Å². The van der Waals surface area contributed by atoms with Crippen LogP contribution in [0.3, 0.4) is 0 Å². The molecule has 1 rings (SSSR count). The van der Waals surface area contributed by atoms with Gasteiger partial charge in [-0.3, -0.25) is 20.3 Å². The second-order valence-electron chi connectivity index (χ2n) is 4.43. The first kappa shape index (κ1) is 19.4. The van der Waals surface area contributed by atoms with Crippen molar-refractivity contribution in [3.05, 3.63) is 27.7 Å². The minimum absolute atomic E-state index is 0. The van der Waals surface area contributed by atoms with Gasteiger partial charge in [0.1, 0.15) is 5.75 Å². The maximum Gasteiger partial charge on any atom is 0.258 e. The van der Waals surface area contributed by atoms with Crippen LogP contribution < -0.4 is 15.8 Å². The molecular weight excluding hydrogens is 362 g/mol. The normalized spacial score (nSPS) is 9.76. The fourth-order valence-corrected chi connectivity index (χ4v) is 2.09. The monoisotopic (exact) mass is 377 g/mol. The number of amides is 1. The summed E-state index contributed by atoms with van der Waals surface area (Å²) in [6.07, 6.45) is -0.110. The Hall–Kier alpha value is -1.60. The highest BCUT2D eigenvalue weighted by Gasteiger charge is 2.18. The van der Waals surface area contributed by atoms with Crippen molar-refractivity contribution in [2.75, 3.05) is 0 Å². The standard InChI is InChI=1S/C13H16BrN3O3.ClH/c1-6(2)20-11-9(7(3)18)4-8(5-10(11)14)12(19)17-13(15)16;/h4-6H,1-3H3,(H4,15,16,17,19);1H.